The van der Waals surface area contributed by atoms with Gasteiger partial charge in [0.2, 0.25) is 0 Å². The van der Waals surface area contributed by atoms with Gasteiger partial charge < -0.3 is 9.67 Å². The fourth-order valence-corrected chi connectivity index (χ4v) is 2.85. The van der Waals surface area contributed by atoms with E-state index in [4.69, 9.17) is 4.98 Å². The number of nitrogens with zero attached hydrogens (tertiary/aromatic N) is 3. The first-order valence-electron chi connectivity index (χ1n) is 7.32. The molecule has 0 atom stereocenters. The van der Waals surface area contributed by atoms with Crippen molar-refractivity contribution in [1.82, 2.24) is 14.5 Å². The normalized spacial score (nSPS) is 11.3. The second-order valence-corrected chi connectivity index (χ2v) is 5.21. The summed E-state index contributed by atoms with van der Waals surface area (Å²) >= 11 is 0. The van der Waals surface area contributed by atoms with E-state index in [0.717, 1.165) is 34.5 Å². The summed E-state index contributed by atoms with van der Waals surface area (Å²) in [5.74, 6) is 1.02. The maximum absolute atomic E-state index is 10.0. The number of aromatic hydroxyl groups is 1. The summed E-state index contributed by atoms with van der Waals surface area (Å²) in [6.45, 7) is 2.91. The molecule has 0 aliphatic rings. The number of phenols is 1. The molecular weight excluding hydrogens is 274 g/mol. The van der Waals surface area contributed by atoms with E-state index >= 15 is 0 Å². The number of rotatable bonds is 2. The maximum atomic E-state index is 10.0. The van der Waals surface area contributed by atoms with Crippen molar-refractivity contribution in [2.75, 3.05) is 0 Å². The number of fused-ring (bicyclic) bond motifs is 2. The number of aromatic nitrogens is 3. The van der Waals surface area contributed by atoms with Gasteiger partial charge in [-0.05, 0) is 31.2 Å². The van der Waals surface area contributed by atoms with E-state index < -0.39 is 0 Å². The van der Waals surface area contributed by atoms with Crippen LogP contribution in [0.25, 0.3) is 33.5 Å². The van der Waals surface area contributed by atoms with Crippen molar-refractivity contribution < 1.29 is 5.11 Å². The van der Waals surface area contributed by atoms with Crippen LogP contribution in [0.15, 0.2) is 54.6 Å². The Morgan fingerprint density at radius 1 is 0.955 bits per heavy atom. The number of hydrogen-bond donors (Lipinski definition) is 1. The van der Waals surface area contributed by atoms with Crippen LogP contribution < -0.4 is 0 Å². The van der Waals surface area contributed by atoms with Crippen LogP contribution >= 0.6 is 0 Å². The van der Waals surface area contributed by atoms with Gasteiger partial charge in [0.15, 0.2) is 5.82 Å². The largest absolute Gasteiger partial charge is 0.506 e. The average molecular weight is 289 g/mol. The molecule has 4 nitrogen and oxygen atoms in total. The highest BCUT2D eigenvalue weighted by molar-refractivity contribution is 5.87. The zero-order chi connectivity index (χ0) is 15.1. The van der Waals surface area contributed by atoms with Crippen molar-refractivity contribution in [3.63, 3.8) is 0 Å². The molecule has 0 unspecified atom stereocenters. The van der Waals surface area contributed by atoms with Crippen molar-refractivity contribution in [2.45, 2.75) is 13.5 Å². The van der Waals surface area contributed by atoms with Crippen molar-refractivity contribution in [2.24, 2.45) is 0 Å². The highest BCUT2D eigenvalue weighted by atomic mass is 16.3. The van der Waals surface area contributed by atoms with E-state index in [2.05, 4.69) is 22.5 Å². The lowest BCUT2D eigenvalue weighted by Gasteiger charge is -2.07. The van der Waals surface area contributed by atoms with E-state index in [9.17, 15) is 5.11 Å². The summed E-state index contributed by atoms with van der Waals surface area (Å²) in [5, 5.41) is 10.9. The molecule has 1 N–H and O–H groups in total. The molecule has 2 aromatic carbocycles. The molecule has 4 rings (SSSR count). The highest BCUT2D eigenvalue weighted by Crippen LogP contribution is 2.28. The van der Waals surface area contributed by atoms with Crippen LogP contribution in [-0.4, -0.2) is 19.6 Å². The summed E-state index contributed by atoms with van der Waals surface area (Å²) in [4.78, 5) is 9.32. The van der Waals surface area contributed by atoms with Crippen LogP contribution in [0.1, 0.15) is 6.92 Å². The number of hydrogen-bond acceptors (Lipinski definition) is 3. The van der Waals surface area contributed by atoms with Crippen molar-refractivity contribution in [3.8, 4) is 17.3 Å². The van der Waals surface area contributed by atoms with Gasteiger partial charge in [-0.1, -0.05) is 30.3 Å². The Hall–Kier alpha value is -2.88. The Bertz CT molecular complexity index is 988. The van der Waals surface area contributed by atoms with Crippen LogP contribution in [0.5, 0.6) is 5.75 Å². The third-order valence-corrected chi connectivity index (χ3v) is 3.90. The van der Waals surface area contributed by atoms with E-state index in [-0.39, 0.29) is 5.75 Å². The molecule has 0 fully saturated rings. The fourth-order valence-electron chi connectivity index (χ4n) is 2.85. The summed E-state index contributed by atoms with van der Waals surface area (Å²) in [7, 11) is 0. The SMILES string of the molecule is CCn1c(-c2ccc3cccc(O)c3n2)nc2ccccc21. The molecule has 0 amide bonds. The van der Waals surface area contributed by atoms with Gasteiger partial charge in [-0.15, -0.1) is 0 Å². The zero-order valence-corrected chi connectivity index (χ0v) is 12.2. The summed E-state index contributed by atoms with van der Waals surface area (Å²) < 4.78 is 2.14. The molecule has 108 valence electrons. The Balaban J connectivity index is 2.00. The summed E-state index contributed by atoms with van der Waals surface area (Å²) in [6, 6.07) is 17.4. The minimum Gasteiger partial charge on any atom is -0.506 e. The molecule has 0 aliphatic carbocycles. The number of para-hydroxylation sites is 3. The van der Waals surface area contributed by atoms with Gasteiger partial charge >= 0.3 is 0 Å². The van der Waals surface area contributed by atoms with Gasteiger partial charge in [0, 0.05) is 11.9 Å². The summed E-state index contributed by atoms with van der Waals surface area (Å²) in [5.41, 5.74) is 3.43. The van der Waals surface area contributed by atoms with Gasteiger partial charge in [-0.2, -0.15) is 0 Å². The van der Waals surface area contributed by atoms with Crippen LogP contribution in [0.2, 0.25) is 0 Å². The lowest BCUT2D eigenvalue weighted by atomic mass is 10.2. The molecule has 0 bridgehead atoms. The third-order valence-electron chi connectivity index (χ3n) is 3.90. The maximum Gasteiger partial charge on any atom is 0.159 e. The average Bonchev–Trinajstić information content (AvgIpc) is 2.93. The minimum atomic E-state index is 0.193. The molecule has 0 saturated heterocycles. The molecular formula is C18H15N3O. The lowest BCUT2D eigenvalue weighted by Crippen LogP contribution is -1.99. The zero-order valence-electron chi connectivity index (χ0n) is 12.2. The molecule has 4 aromatic rings. The molecule has 4 heteroatoms. The third kappa shape index (κ3) is 1.84. The monoisotopic (exact) mass is 289 g/mol. The second kappa shape index (κ2) is 4.84. The summed E-state index contributed by atoms with van der Waals surface area (Å²) in [6.07, 6.45) is 0. The van der Waals surface area contributed by atoms with Gasteiger partial charge in [0.05, 0.1) is 11.0 Å². The van der Waals surface area contributed by atoms with Crippen LogP contribution in [0.4, 0.5) is 0 Å². The van der Waals surface area contributed by atoms with Crippen LogP contribution in [0.3, 0.4) is 0 Å². The van der Waals surface area contributed by atoms with E-state index in [0.29, 0.717) is 5.52 Å². The molecule has 0 radical (unpaired) electrons. The molecule has 0 saturated carbocycles. The number of imidazole rings is 1. The Kier molecular flexibility index (Phi) is 2.82. The van der Waals surface area contributed by atoms with Crippen LogP contribution in [0, 0.1) is 0 Å². The number of pyridine rings is 1. The van der Waals surface area contributed by atoms with Gasteiger partial charge in [0.25, 0.3) is 0 Å². The Labute approximate surface area is 127 Å². The minimum absolute atomic E-state index is 0.193. The quantitative estimate of drug-likeness (QED) is 0.607. The Morgan fingerprint density at radius 3 is 2.68 bits per heavy atom. The van der Waals surface area contributed by atoms with E-state index in [1.165, 1.54) is 0 Å². The topological polar surface area (TPSA) is 50.9 Å². The van der Waals surface area contributed by atoms with E-state index in [1.807, 2.05) is 42.5 Å². The number of phenolic OH excluding ortho intramolecular Hbond substituents is 1. The molecule has 2 heterocycles. The lowest BCUT2D eigenvalue weighted by molar-refractivity contribution is 0.480. The smallest absolute Gasteiger partial charge is 0.159 e. The molecule has 2 aromatic heterocycles. The van der Waals surface area contributed by atoms with Crippen LogP contribution in [-0.2, 0) is 6.54 Å². The van der Waals surface area contributed by atoms with Gasteiger partial charge in [-0.3, -0.25) is 0 Å². The second-order valence-electron chi connectivity index (χ2n) is 5.21. The fraction of sp³-hybridized carbons (Fsp3) is 0.111. The van der Waals surface area contributed by atoms with E-state index in [1.54, 1.807) is 6.07 Å². The highest BCUT2D eigenvalue weighted by Gasteiger charge is 2.13. The number of benzene rings is 2. The first-order chi connectivity index (χ1) is 10.8. The standard InChI is InChI=1S/C18H15N3O/c1-2-21-15-8-4-3-7-13(15)20-18(21)14-11-10-12-6-5-9-16(22)17(12)19-14/h3-11,22H,2H2,1H3. The number of aryl methyl sites for hydroxylation is 1. The molecule has 0 aliphatic heterocycles. The van der Waals surface area contributed by atoms with Crippen molar-refractivity contribution >= 4 is 21.9 Å². The Morgan fingerprint density at radius 2 is 1.82 bits per heavy atom. The molecule has 0 spiro atoms. The first kappa shape index (κ1) is 12.8. The van der Waals surface area contributed by atoms with Gasteiger partial charge in [-0.25, -0.2) is 9.97 Å². The van der Waals surface area contributed by atoms with Crippen molar-refractivity contribution in [1.29, 1.82) is 0 Å². The predicted molar refractivity (Wildman–Crippen MR) is 87.8 cm³/mol. The molecule has 22 heavy (non-hydrogen) atoms. The predicted octanol–water partition coefficient (Wildman–Crippen LogP) is 3.98. The first-order valence-corrected chi connectivity index (χ1v) is 7.32. The van der Waals surface area contributed by atoms with Gasteiger partial charge in [0.1, 0.15) is 17.0 Å². The van der Waals surface area contributed by atoms with Crippen molar-refractivity contribution in [3.05, 3.63) is 54.6 Å².